The molecule has 1 unspecified atom stereocenters. The lowest BCUT2D eigenvalue weighted by Gasteiger charge is -2.18. The van der Waals surface area contributed by atoms with E-state index in [0.717, 1.165) is 60.7 Å². The van der Waals surface area contributed by atoms with Gasteiger partial charge in [0.05, 0.1) is 11.7 Å². The van der Waals surface area contributed by atoms with Crippen LogP contribution in [-0.2, 0) is 24.1 Å². The van der Waals surface area contributed by atoms with Gasteiger partial charge in [-0.05, 0) is 44.1 Å². The number of carbonyl (C=O) groups is 1. The molecule has 2 aliphatic rings. The number of carbonyl (C=O) groups excluding carboxylic acids is 1. The molecule has 1 aromatic carbocycles. The second kappa shape index (κ2) is 8.30. The second-order valence-electron chi connectivity index (χ2n) is 7.31. The van der Waals surface area contributed by atoms with Crippen molar-refractivity contribution in [1.29, 1.82) is 0 Å². The van der Waals surface area contributed by atoms with Gasteiger partial charge in [-0.25, -0.2) is 4.98 Å². The second-order valence-corrected chi connectivity index (χ2v) is 8.30. The number of amides is 1. The summed E-state index contributed by atoms with van der Waals surface area (Å²) in [5.74, 6) is 0.772. The summed E-state index contributed by atoms with van der Waals surface area (Å²) in [6, 6.07) is 10.2. The van der Waals surface area contributed by atoms with Gasteiger partial charge in [0.1, 0.15) is 0 Å². The van der Waals surface area contributed by atoms with E-state index >= 15 is 0 Å². The number of hydrogen-bond acceptors (Lipinski definition) is 4. The third kappa shape index (κ3) is 4.10. The van der Waals surface area contributed by atoms with Gasteiger partial charge < -0.3 is 5.32 Å². The van der Waals surface area contributed by atoms with Crippen LogP contribution in [0.4, 0.5) is 0 Å². The van der Waals surface area contributed by atoms with E-state index in [1.54, 1.807) is 16.3 Å². The molecule has 5 nitrogen and oxygen atoms in total. The first-order valence-corrected chi connectivity index (χ1v) is 10.8. The highest BCUT2D eigenvalue weighted by Gasteiger charge is 2.30. The third-order valence-electron chi connectivity index (χ3n) is 5.35. The van der Waals surface area contributed by atoms with Crippen molar-refractivity contribution in [1.82, 2.24) is 14.9 Å². The fourth-order valence-corrected chi connectivity index (χ4v) is 5.07. The van der Waals surface area contributed by atoms with E-state index in [-0.39, 0.29) is 17.5 Å². The first-order chi connectivity index (χ1) is 13.2. The van der Waals surface area contributed by atoms with Crippen molar-refractivity contribution in [2.24, 2.45) is 0 Å². The Hall–Kier alpha value is -2.08. The average molecular weight is 384 g/mol. The SMILES string of the molecule is O=C(CC1CSc2nc3c(c(=O)n21)CCCC3)NCCCc1ccccc1. The van der Waals surface area contributed by atoms with Crippen LogP contribution in [0.15, 0.2) is 40.3 Å². The highest BCUT2D eigenvalue weighted by Crippen LogP contribution is 2.33. The van der Waals surface area contributed by atoms with Crippen LogP contribution < -0.4 is 10.9 Å². The predicted molar refractivity (Wildman–Crippen MR) is 107 cm³/mol. The van der Waals surface area contributed by atoms with Crippen LogP contribution in [-0.4, -0.2) is 27.8 Å². The zero-order chi connectivity index (χ0) is 18.6. The highest BCUT2D eigenvalue weighted by atomic mass is 32.2. The number of aryl methyl sites for hydroxylation is 2. The summed E-state index contributed by atoms with van der Waals surface area (Å²) in [5.41, 5.74) is 3.23. The molecular weight excluding hydrogens is 358 g/mol. The van der Waals surface area contributed by atoms with E-state index < -0.39 is 0 Å². The Morgan fingerprint density at radius 1 is 1.22 bits per heavy atom. The molecule has 2 heterocycles. The van der Waals surface area contributed by atoms with Gasteiger partial charge in [0.15, 0.2) is 5.16 Å². The molecule has 4 rings (SSSR count). The Kier molecular flexibility index (Phi) is 5.62. The summed E-state index contributed by atoms with van der Waals surface area (Å²) in [4.78, 5) is 30.0. The van der Waals surface area contributed by atoms with Gasteiger partial charge >= 0.3 is 0 Å². The topological polar surface area (TPSA) is 64.0 Å². The lowest BCUT2D eigenvalue weighted by Crippen LogP contribution is -2.34. The normalized spacial score (nSPS) is 18.0. The maximum Gasteiger partial charge on any atom is 0.257 e. The summed E-state index contributed by atoms with van der Waals surface area (Å²) in [6.45, 7) is 0.664. The van der Waals surface area contributed by atoms with Gasteiger partial charge in [0.25, 0.3) is 5.56 Å². The van der Waals surface area contributed by atoms with Gasteiger partial charge in [0, 0.05) is 24.3 Å². The molecule has 6 heteroatoms. The number of benzene rings is 1. The summed E-state index contributed by atoms with van der Waals surface area (Å²) < 4.78 is 1.78. The summed E-state index contributed by atoms with van der Waals surface area (Å²) >= 11 is 1.60. The molecule has 0 fully saturated rings. The number of nitrogens with one attached hydrogen (secondary N) is 1. The average Bonchev–Trinajstić information content (AvgIpc) is 3.09. The molecule has 0 bridgehead atoms. The van der Waals surface area contributed by atoms with Crippen LogP contribution in [0.5, 0.6) is 0 Å². The van der Waals surface area contributed by atoms with Crippen LogP contribution in [0.2, 0.25) is 0 Å². The van der Waals surface area contributed by atoms with Crippen LogP contribution >= 0.6 is 11.8 Å². The summed E-state index contributed by atoms with van der Waals surface area (Å²) in [7, 11) is 0. The van der Waals surface area contributed by atoms with Crippen molar-refractivity contribution in [3.05, 3.63) is 57.5 Å². The predicted octanol–water partition coefficient (Wildman–Crippen LogP) is 2.91. The standard InChI is InChI=1S/C21H25N3O2S/c25-19(22-12-6-9-15-7-2-1-3-8-15)13-16-14-27-21-23-18-11-5-4-10-17(18)20(26)24(16)21/h1-3,7-8,16H,4-6,9-14H2,(H,22,25). The van der Waals surface area contributed by atoms with Gasteiger partial charge in [-0.3, -0.25) is 14.2 Å². The summed E-state index contributed by atoms with van der Waals surface area (Å²) in [5, 5.41) is 3.80. The fraction of sp³-hybridized carbons (Fsp3) is 0.476. The smallest absolute Gasteiger partial charge is 0.257 e. The van der Waals surface area contributed by atoms with E-state index in [1.807, 2.05) is 18.2 Å². The van der Waals surface area contributed by atoms with Gasteiger partial charge in [0.2, 0.25) is 5.91 Å². The molecule has 1 aromatic heterocycles. The Balaban J connectivity index is 1.33. The molecule has 1 aliphatic heterocycles. The minimum absolute atomic E-state index is 0.0196. The van der Waals surface area contributed by atoms with Crippen LogP contribution in [0.25, 0.3) is 0 Å². The molecule has 27 heavy (non-hydrogen) atoms. The Labute approximate surface area is 163 Å². The molecule has 142 valence electrons. The zero-order valence-corrected chi connectivity index (χ0v) is 16.3. The quantitative estimate of drug-likeness (QED) is 0.615. The van der Waals surface area contributed by atoms with E-state index in [9.17, 15) is 9.59 Å². The molecule has 1 amide bonds. The molecule has 1 N–H and O–H groups in total. The highest BCUT2D eigenvalue weighted by molar-refractivity contribution is 7.99. The number of nitrogens with zero attached hydrogens (tertiary/aromatic N) is 2. The molecule has 0 spiro atoms. The largest absolute Gasteiger partial charge is 0.356 e. The Bertz CT molecular complexity index is 879. The first kappa shape index (κ1) is 18.3. The maximum absolute atomic E-state index is 12.9. The van der Waals surface area contributed by atoms with Crippen LogP contribution in [0, 0.1) is 0 Å². The van der Waals surface area contributed by atoms with Crippen molar-refractivity contribution in [2.75, 3.05) is 12.3 Å². The monoisotopic (exact) mass is 383 g/mol. The molecular formula is C21H25N3O2S. The lowest BCUT2D eigenvalue weighted by atomic mass is 9.97. The van der Waals surface area contributed by atoms with Crippen molar-refractivity contribution in [2.45, 2.75) is 56.1 Å². The molecule has 0 saturated carbocycles. The van der Waals surface area contributed by atoms with Gasteiger partial charge in [-0.2, -0.15) is 0 Å². The fourth-order valence-electron chi connectivity index (χ4n) is 3.92. The Morgan fingerprint density at radius 3 is 2.89 bits per heavy atom. The number of rotatable bonds is 6. The summed E-state index contributed by atoms with van der Waals surface area (Å²) in [6.07, 6.45) is 6.13. The van der Waals surface area contributed by atoms with Crippen molar-refractivity contribution >= 4 is 17.7 Å². The molecule has 1 aliphatic carbocycles. The zero-order valence-electron chi connectivity index (χ0n) is 15.4. The van der Waals surface area contributed by atoms with Crippen LogP contribution in [0.1, 0.15) is 48.5 Å². The molecule has 2 aromatic rings. The first-order valence-electron chi connectivity index (χ1n) is 9.80. The van der Waals surface area contributed by atoms with E-state index in [0.29, 0.717) is 13.0 Å². The molecule has 0 saturated heterocycles. The maximum atomic E-state index is 12.9. The van der Waals surface area contributed by atoms with Gasteiger partial charge in [-0.1, -0.05) is 42.1 Å². The van der Waals surface area contributed by atoms with Crippen LogP contribution in [0.3, 0.4) is 0 Å². The third-order valence-corrected chi connectivity index (χ3v) is 6.45. The molecule has 1 atom stereocenters. The van der Waals surface area contributed by atoms with E-state index in [1.165, 1.54) is 5.56 Å². The molecule has 0 radical (unpaired) electrons. The van der Waals surface area contributed by atoms with Crippen molar-refractivity contribution in [3.63, 3.8) is 0 Å². The van der Waals surface area contributed by atoms with E-state index in [2.05, 4.69) is 17.4 Å². The lowest BCUT2D eigenvalue weighted by molar-refractivity contribution is -0.121. The minimum Gasteiger partial charge on any atom is -0.356 e. The number of fused-ring (bicyclic) bond motifs is 2. The van der Waals surface area contributed by atoms with Crippen molar-refractivity contribution in [3.8, 4) is 0 Å². The number of aromatic nitrogens is 2. The van der Waals surface area contributed by atoms with E-state index in [4.69, 9.17) is 4.98 Å². The number of hydrogen-bond donors (Lipinski definition) is 1. The minimum atomic E-state index is -0.0775. The van der Waals surface area contributed by atoms with Crippen molar-refractivity contribution < 1.29 is 4.79 Å². The number of thioether (sulfide) groups is 1. The van der Waals surface area contributed by atoms with Gasteiger partial charge in [-0.15, -0.1) is 0 Å². The Morgan fingerprint density at radius 2 is 2.04 bits per heavy atom.